The van der Waals surface area contributed by atoms with Gasteiger partial charge in [-0.3, -0.25) is 0 Å². The second-order valence-electron chi connectivity index (χ2n) is 6.77. The summed E-state index contributed by atoms with van der Waals surface area (Å²) in [6, 6.07) is -0.210. The lowest BCUT2D eigenvalue weighted by atomic mass is 9.91. The molecule has 8 heteroatoms. The number of rotatable bonds is 3. The Kier molecular flexibility index (Phi) is 6.13. The molecule has 2 N–H and O–H groups in total. The van der Waals surface area contributed by atoms with Crippen LogP contribution in [0.25, 0.3) is 0 Å². The largest absolute Gasteiger partial charge is 0.414 e. The smallest absolute Gasteiger partial charge is 0.383 e. The van der Waals surface area contributed by atoms with Crippen molar-refractivity contribution in [2.75, 3.05) is 39.8 Å². The molecule has 0 radical (unpaired) electrons. The first kappa shape index (κ1) is 18.3. The fourth-order valence-electron chi connectivity index (χ4n) is 3.47. The Morgan fingerprint density at radius 2 is 1.91 bits per heavy atom. The third-order valence-electron chi connectivity index (χ3n) is 4.87. The summed E-state index contributed by atoms with van der Waals surface area (Å²) >= 11 is 0. The SMILES string of the molecule is CN1CCCC(CNC(=O)N2CCC(C(O)C(F)(F)F)CC2)C1. The minimum atomic E-state index is -4.58. The first-order valence-electron chi connectivity index (χ1n) is 8.23. The summed E-state index contributed by atoms with van der Waals surface area (Å²) in [5, 5.41) is 12.2. The van der Waals surface area contributed by atoms with E-state index in [9.17, 15) is 23.1 Å². The highest BCUT2D eigenvalue weighted by molar-refractivity contribution is 5.74. The summed E-state index contributed by atoms with van der Waals surface area (Å²) < 4.78 is 37.5. The summed E-state index contributed by atoms with van der Waals surface area (Å²) in [6.07, 6.45) is -4.30. The van der Waals surface area contributed by atoms with Crippen LogP contribution in [0.1, 0.15) is 25.7 Å². The van der Waals surface area contributed by atoms with Crippen molar-refractivity contribution in [1.29, 1.82) is 0 Å². The monoisotopic (exact) mass is 337 g/mol. The Morgan fingerprint density at radius 3 is 2.48 bits per heavy atom. The van der Waals surface area contributed by atoms with E-state index in [4.69, 9.17) is 0 Å². The maximum absolute atomic E-state index is 12.5. The van der Waals surface area contributed by atoms with E-state index < -0.39 is 18.2 Å². The van der Waals surface area contributed by atoms with Gasteiger partial charge >= 0.3 is 12.2 Å². The summed E-state index contributed by atoms with van der Waals surface area (Å²) in [6.45, 7) is 3.16. The van der Waals surface area contributed by atoms with E-state index >= 15 is 0 Å². The molecule has 2 fully saturated rings. The lowest BCUT2D eigenvalue weighted by molar-refractivity contribution is -0.222. The van der Waals surface area contributed by atoms with Crippen molar-refractivity contribution in [2.24, 2.45) is 11.8 Å². The number of amides is 2. The number of likely N-dealkylation sites (tertiary alicyclic amines) is 2. The number of piperidine rings is 2. The van der Waals surface area contributed by atoms with Crippen molar-refractivity contribution in [1.82, 2.24) is 15.1 Å². The number of aliphatic hydroxyl groups is 1. The molecule has 23 heavy (non-hydrogen) atoms. The number of halogens is 3. The minimum Gasteiger partial charge on any atom is -0.383 e. The molecule has 0 aliphatic carbocycles. The Morgan fingerprint density at radius 1 is 1.26 bits per heavy atom. The van der Waals surface area contributed by atoms with E-state index in [0.717, 1.165) is 25.9 Å². The van der Waals surface area contributed by atoms with Gasteiger partial charge in [0, 0.05) is 26.2 Å². The van der Waals surface area contributed by atoms with E-state index in [-0.39, 0.29) is 32.0 Å². The normalized spacial score (nSPS) is 26.1. The first-order valence-corrected chi connectivity index (χ1v) is 8.23. The molecule has 0 spiro atoms. The number of alkyl halides is 3. The Bertz CT molecular complexity index is 398. The average Bonchev–Trinajstić information content (AvgIpc) is 2.51. The topological polar surface area (TPSA) is 55.8 Å². The molecule has 134 valence electrons. The van der Waals surface area contributed by atoms with Crippen LogP contribution in [-0.4, -0.2) is 73.0 Å². The minimum absolute atomic E-state index is 0.181. The molecule has 0 aromatic heterocycles. The van der Waals surface area contributed by atoms with Gasteiger partial charge in [-0.05, 0) is 51.1 Å². The summed E-state index contributed by atoms with van der Waals surface area (Å²) in [7, 11) is 2.06. The molecule has 0 aromatic rings. The van der Waals surface area contributed by atoms with Gasteiger partial charge in [0.1, 0.15) is 0 Å². The van der Waals surface area contributed by atoms with E-state index in [0.29, 0.717) is 12.5 Å². The summed E-state index contributed by atoms with van der Waals surface area (Å²) in [4.78, 5) is 15.9. The Balaban J connectivity index is 1.71. The van der Waals surface area contributed by atoms with Crippen LogP contribution in [0.2, 0.25) is 0 Å². The lowest BCUT2D eigenvalue weighted by Crippen LogP contribution is -2.49. The molecule has 0 bridgehead atoms. The van der Waals surface area contributed by atoms with Crippen LogP contribution in [0.4, 0.5) is 18.0 Å². The molecular weight excluding hydrogens is 311 g/mol. The van der Waals surface area contributed by atoms with Gasteiger partial charge in [-0.1, -0.05) is 0 Å². The van der Waals surface area contributed by atoms with E-state index in [1.165, 1.54) is 0 Å². The zero-order valence-electron chi connectivity index (χ0n) is 13.5. The summed E-state index contributed by atoms with van der Waals surface area (Å²) in [5.74, 6) is -0.381. The number of urea groups is 1. The molecule has 2 heterocycles. The number of hydrogen-bond acceptors (Lipinski definition) is 3. The van der Waals surface area contributed by atoms with Gasteiger partial charge in [0.15, 0.2) is 6.10 Å². The second-order valence-corrected chi connectivity index (χ2v) is 6.77. The molecular formula is C15H26F3N3O2. The van der Waals surface area contributed by atoms with Gasteiger partial charge in [0.25, 0.3) is 0 Å². The Hall–Kier alpha value is -1.02. The first-order chi connectivity index (χ1) is 10.8. The molecule has 2 aliphatic rings. The van der Waals surface area contributed by atoms with Crippen LogP contribution in [0.15, 0.2) is 0 Å². The Labute approximate surface area is 134 Å². The number of nitrogens with zero attached hydrogens (tertiary/aromatic N) is 2. The van der Waals surface area contributed by atoms with Crippen molar-refractivity contribution in [3.05, 3.63) is 0 Å². The van der Waals surface area contributed by atoms with Crippen LogP contribution >= 0.6 is 0 Å². The molecule has 2 unspecified atom stereocenters. The quantitative estimate of drug-likeness (QED) is 0.824. The predicted molar refractivity (Wildman–Crippen MR) is 80.0 cm³/mol. The van der Waals surface area contributed by atoms with Crippen LogP contribution < -0.4 is 5.32 Å². The molecule has 2 saturated heterocycles. The molecule has 2 aliphatic heterocycles. The third kappa shape index (κ3) is 5.24. The predicted octanol–water partition coefficient (Wildman–Crippen LogP) is 1.67. The zero-order chi connectivity index (χ0) is 17.0. The van der Waals surface area contributed by atoms with E-state index in [1.54, 1.807) is 4.90 Å². The molecule has 2 rings (SSSR count). The molecule has 2 atom stereocenters. The summed E-state index contributed by atoms with van der Waals surface area (Å²) in [5.41, 5.74) is 0. The van der Waals surface area contributed by atoms with Gasteiger partial charge in [0.2, 0.25) is 0 Å². The van der Waals surface area contributed by atoms with E-state index in [2.05, 4.69) is 17.3 Å². The van der Waals surface area contributed by atoms with Crippen molar-refractivity contribution >= 4 is 6.03 Å². The average molecular weight is 337 g/mol. The molecule has 0 saturated carbocycles. The maximum atomic E-state index is 12.5. The lowest BCUT2D eigenvalue weighted by Gasteiger charge is -2.35. The van der Waals surface area contributed by atoms with Gasteiger partial charge in [-0.25, -0.2) is 4.79 Å². The number of nitrogens with one attached hydrogen (secondary N) is 1. The number of aliphatic hydroxyl groups excluding tert-OH is 1. The number of hydrogen-bond donors (Lipinski definition) is 2. The van der Waals surface area contributed by atoms with Gasteiger partial charge in [-0.15, -0.1) is 0 Å². The van der Waals surface area contributed by atoms with Crippen molar-refractivity contribution in [3.63, 3.8) is 0 Å². The fraction of sp³-hybridized carbons (Fsp3) is 0.933. The highest BCUT2D eigenvalue weighted by Crippen LogP contribution is 2.31. The van der Waals surface area contributed by atoms with Crippen LogP contribution in [0.5, 0.6) is 0 Å². The second kappa shape index (κ2) is 7.70. The van der Waals surface area contributed by atoms with Crippen LogP contribution in [0, 0.1) is 11.8 Å². The van der Waals surface area contributed by atoms with Crippen molar-refractivity contribution in [3.8, 4) is 0 Å². The highest BCUT2D eigenvalue weighted by atomic mass is 19.4. The zero-order valence-corrected chi connectivity index (χ0v) is 13.5. The van der Waals surface area contributed by atoms with Gasteiger partial charge < -0.3 is 20.2 Å². The van der Waals surface area contributed by atoms with Crippen LogP contribution in [-0.2, 0) is 0 Å². The number of carbonyl (C=O) groups is 1. The standard InChI is InChI=1S/C15H26F3N3O2/c1-20-6-2-3-11(10-20)9-19-14(23)21-7-4-12(5-8-21)13(22)15(16,17)18/h11-13,22H,2-10H2,1H3,(H,19,23). The molecule has 5 nitrogen and oxygen atoms in total. The van der Waals surface area contributed by atoms with E-state index in [1.807, 2.05) is 0 Å². The van der Waals surface area contributed by atoms with Crippen LogP contribution in [0.3, 0.4) is 0 Å². The maximum Gasteiger partial charge on any atom is 0.414 e. The fourth-order valence-corrected chi connectivity index (χ4v) is 3.47. The number of carbonyl (C=O) groups excluding carboxylic acids is 1. The highest BCUT2D eigenvalue weighted by Gasteiger charge is 2.44. The molecule has 0 aromatic carbocycles. The van der Waals surface area contributed by atoms with Crippen molar-refractivity contribution < 1.29 is 23.1 Å². The van der Waals surface area contributed by atoms with Gasteiger partial charge in [0.05, 0.1) is 0 Å². The van der Waals surface area contributed by atoms with Crippen molar-refractivity contribution in [2.45, 2.75) is 38.0 Å². The van der Waals surface area contributed by atoms with Gasteiger partial charge in [-0.2, -0.15) is 13.2 Å². The molecule has 2 amide bonds. The third-order valence-corrected chi connectivity index (χ3v) is 4.87.